The summed E-state index contributed by atoms with van der Waals surface area (Å²) in [7, 11) is -0.342. The van der Waals surface area contributed by atoms with Crippen molar-refractivity contribution in [2.24, 2.45) is 11.1 Å². The number of hydrogen-bond donors (Lipinski definition) is 1. The zero-order valence-corrected chi connectivity index (χ0v) is 12.3. The lowest BCUT2D eigenvalue weighted by molar-refractivity contribution is -0.137. The zero-order valence-electron chi connectivity index (χ0n) is 11.5. The molecule has 2 fully saturated rings. The van der Waals surface area contributed by atoms with E-state index in [-0.39, 0.29) is 11.3 Å². The summed E-state index contributed by atoms with van der Waals surface area (Å²) in [5.74, 6) is 0.0944. The summed E-state index contributed by atoms with van der Waals surface area (Å²) in [6.45, 7) is 2.00. The van der Waals surface area contributed by atoms with E-state index in [1.54, 1.807) is 4.90 Å². The highest BCUT2D eigenvalue weighted by molar-refractivity contribution is 7.86. The minimum atomic E-state index is -3.37. The summed E-state index contributed by atoms with van der Waals surface area (Å²) in [4.78, 5) is 14.0. The Labute approximate surface area is 114 Å². The van der Waals surface area contributed by atoms with Crippen molar-refractivity contribution in [3.63, 3.8) is 0 Å². The SMILES string of the molecule is CN(C)S(=O)(=O)N1CCN(C(=O)C2(CN)CC2)CC1. The highest BCUT2D eigenvalue weighted by atomic mass is 32.2. The van der Waals surface area contributed by atoms with E-state index in [4.69, 9.17) is 5.73 Å². The molecule has 1 saturated carbocycles. The Morgan fingerprint density at radius 2 is 1.74 bits per heavy atom. The highest BCUT2D eigenvalue weighted by Gasteiger charge is 2.51. The Hall–Kier alpha value is -0.700. The predicted molar refractivity (Wildman–Crippen MR) is 71.5 cm³/mol. The van der Waals surface area contributed by atoms with Gasteiger partial charge in [0.25, 0.3) is 10.2 Å². The second kappa shape index (κ2) is 5.01. The smallest absolute Gasteiger partial charge is 0.281 e. The summed E-state index contributed by atoms with van der Waals surface area (Å²) < 4.78 is 26.5. The van der Waals surface area contributed by atoms with Crippen molar-refractivity contribution in [3.05, 3.63) is 0 Å². The van der Waals surface area contributed by atoms with Gasteiger partial charge in [-0.1, -0.05) is 0 Å². The quantitative estimate of drug-likeness (QED) is 0.695. The molecule has 2 aliphatic rings. The molecule has 2 N–H and O–H groups in total. The van der Waals surface area contributed by atoms with Crippen molar-refractivity contribution in [2.45, 2.75) is 12.8 Å². The third-order valence-electron chi connectivity index (χ3n) is 4.01. The van der Waals surface area contributed by atoms with E-state index in [0.29, 0.717) is 32.7 Å². The number of piperazine rings is 1. The molecule has 19 heavy (non-hydrogen) atoms. The molecule has 0 bridgehead atoms. The first-order valence-electron chi connectivity index (χ1n) is 6.50. The van der Waals surface area contributed by atoms with Crippen LogP contribution in [0.2, 0.25) is 0 Å². The minimum absolute atomic E-state index is 0.0944. The van der Waals surface area contributed by atoms with Crippen molar-refractivity contribution in [2.75, 3.05) is 46.8 Å². The molecule has 0 aromatic carbocycles. The molecule has 0 aromatic rings. The molecule has 0 spiro atoms. The van der Waals surface area contributed by atoms with E-state index in [2.05, 4.69) is 0 Å². The number of hydrogen-bond acceptors (Lipinski definition) is 4. The van der Waals surface area contributed by atoms with E-state index in [0.717, 1.165) is 12.8 Å². The van der Waals surface area contributed by atoms with Crippen molar-refractivity contribution in [1.29, 1.82) is 0 Å². The van der Waals surface area contributed by atoms with Gasteiger partial charge in [0.2, 0.25) is 5.91 Å². The molecule has 7 nitrogen and oxygen atoms in total. The molecule has 1 heterocycles. The van der Waals surface area contributed by atoms with E-state index in [9.17, 15) is 13.2 Å². The first kappa shape index (κ1) is 14.7. The summed E-state index contributed by atoms with van der Waals surface area (Å²) in [5, 5.41) is 0. The van der Waals surface area contributed by atoms with Crippen LogP contribution in [-0.2, 0) is 15.0 Å². The Morgan fingerprint density at radius 3 is 2.11 bits per heavy atom. The fraction of sp³-hybridized carbons (Fsp3) is 0.909. The van der Waals surface area contributed by atoms with Crippen LogP contribution in [0, 0.1) is 5.41 Å². The number of carbonyl (C=O) groups excluding carboxylic acids is 1. The zero-order chi connectivity index (χ0) is 14.3. The highest BCUT2D eigenvalue weighted by Crippen LogP contribution is 2.46. The molecular weight excluding hydrogens is 268 g/mol. The van der Waals surface area contributed by atoms with Crippen molar-refractivity contribution >= 4 is 16.1 Å². The average molecular weight is 290 g/mol. The molecule has 1 aliphatic heterocycles. The van der Waals surface area contributed by atoms with Gasteiger partial charge in [0.15, 0.2) is 0 Å². The summed E-state index contributed by atoms with van der Waals surface area (Å²) in [6.07, 6.45) is 1.72. The maximum absolute atomic E-state index is 12.3. The van der Waals surface area contributed by atoms with Gasteiger partial charge in [0.05, 0.1) is 5.41 Å². The van der Waals surface area contributed by atoms with Crippen LogP contribution in [0.4, 0.5) is 0 Å². The van der Waals surface area contributed by atoms with E-state index >= 15 is 0 Å². The Morgan fingerprint density at radius 1 is 1.21 bits per heavy atom. The third kappa shape index (κ3) is 2.62. The van der Waals surface area contributed by atoms with Crippen molar-refractivity contribution in [1.82, 2.24) is 13.5 Å². The lowest BCUT2D eigenvalue weighted by Crippen LogP contribution is -2.54. The van der Waals surface area contributed by atoms with Crippen LogP contribution in [0.15, 0.2) is 0 Å². The Kier molecular flexibility index (Phi) is 3.87. The topological polar surface area (TPSA) is 87.0 Å². The van der Waals surface area contributed by atoms with E-state index in [1.807, 2.05) is 0 Å². The second-order valence-corrected chi connectivity index (χ2v) is 7.61. The van der Waals surface area contributed by atoms with Gasteiger partial charge < -0.3 is 10.6 Å². The summed E-state index contributed by atoms with van der Waals surface area (Å²) in [5.41, 5.74) is 5.31. The second-order valence-electron chi connectivity index (χ2n) is 5.47. The molecule has 8 heteroatoms. The number of nitrogens with two attached hydrogens (primary N) is 1. The summed E-state index contributed by atoms with van der Waals surface area (Å²) in [6, 6.07) is 0. The van der Waals surface area contributed by atoms with E-state index < -0.39 is 10.2 Å². The van der Waals surface area contributed by atoms with Crippen molar-refractivity contribution < 1.29 is 13.2 Å². The molecule has 110 valence electrons. The van der Waals surface area contributed by atoms with Gasteiger partial charge in [-0.2, -0.15) is 17.0 Å². The lowest BCUT2D eigenvalue weighted by Gasteiger charge is -2.36. The van der Waals surface area contributed by atoms with Crippen LogP contribution in [0.5, 0.6) is 0 Å². The predicted octanol–water partition coefficient (Wildman–Crippen LogP) is -1.32. The molecule has 1 aliphatic carbocycles. The largest absolute Gasteiger partial charge is 0.340 e. The standard InChI is InChI=1S/C11H22N4O3S/c1-13(2)19(17,18)15-7-5-14(6-8-15)10(16)11(9-12)3-4-11/h3-9,12H2,1-2H3. The molecule has 2 rings (SSSR count). The molecule has 0 radical (unpaired) electrons. The monoisotopic (exact) mass is 290 g/mol. The molecule has 0 atom stereocenters. The van der Waals surface area contributed by atoms with Crippen LogP contribution >= 0.6 is 0 Å². The van der Waals surface area contributed by atoms with Gasteiger partial charge in [-0.25, -0.2) is 0 Å². The molecular formula is C11H22N4O3S. The lowest BCUT2D eigenvalue weighted by atomic mass is 10.1. The Balaban J connectivity index is 1.95. The van der Waals surface area contributed by atoms with Gasteiger partial charge in [-0.05, 0) is 12.8 Å². The fourth-order valence-corrected chi connectivity index (χ4v) is 3.43. The maximum atomic E-state index is 12.3. The average Bonchev–Trinajstić information content (AvgIpc) is 3.19. The summed E-state index contributed by atoms with van der Waals surface area (Å²) >= 11 is 0. The fourth-order valence-electron chi connectivity index (χ4n) is 2.34. The minimum Gasteiger partial charge on any atom is -0.340 e. The maximum Gasteiger partial charge on any atom is 0.281 e. The number of amides is 1. The van der Waals surface area contributed by atoms with Crippen LogP contribution < -0.4 is 5.73 Å². The first-order valence-corrected chi connectivity index (χ1v) is 7.90. The Bertz CT molecular complexity index is 451. The van der Waals surface area contributed by atoms with Crippen LogP contribution in [-0.4, -0.2) is 74.7 Å². The molecule has 1 saturated heterocycles. The number of nitrogens with zero attached hydrogens (tertiary/aromatic N) is 3. The normalized spacial score (nSPS) is 23.7. The van der Waals surface area contributed by atoms with Gasteiger partial charge in [-0.3, -0.25) is 4.79 Å². The van der Waals surface area contributed by atoms with Gasteiger partial charge in [-0.15, -0.1) is 0 Å². The van der Waals surface area contributed by atoms with Gasteiger partial charge >= 0.3 is 0 Å². The van der Waals surface area contributed by atoms with Crippen LogP contribution in [0.25, 0.3) is 0 Å². The first-order chi connectivity index (χ1) is 8.83. The molecule has 1 amide bonds. The third-order valence-corrected chi connectivity index (χ3v) is 5.95. The molecule has 0 unspecified atom stereocenters. The number of carbonyl (C=O) groups is 1. The van der Waals surface area contributed by atoms with Gasteiger partial charge in [0, 0.05) is 46.8 Å². The van der Waals surface area contributed by atoms with E-state index in [1.165, 1.54) is 22.7 Å². The van der Waals surface area contributed by atoms with Crippen LogP contribution in [0.3, 0.4) is 0 Å². The molecule has 0 aromatic heterocycles. The van der Waals surface area contributed by atoms with Crippen molar-refractivity contribution in [3.8, 4) is 0 Å². The number of rotatable bonds is 4. The van der Waals surface area contributed by atoms with Crippen LogP contribution in [0.1, 0.15) is 12.8 Å². The van der Waals surface area contributed by atoms with Gasteiger partial charge in [0.1, 0.15) is 0 Å².